The summed E-state index contributed by atoms with van der Waals surface area (Å²) in [5, 5.41) is 6.05. The third kappa shape index (κ3) is 7.37. The lowest BCUT2D eigenvalue weighted by molar-refractivity contribution is -0.335. The molecule has 14 heteroatoms. The van der Waals surface area contributed by atoms with Gasteiger partial charge in [-0.25, -0.2) is 14.8 Å². The van der Waals surface area contributed by atoms with Crippen molar-refractivity contribution in [1.29, 1.82) is 0 Å². The number of likely N-dealkylation sites (tertiary alicyclic amines) is 2. The molecule has 2 aromatic heterocycles. The first-order chi connectivity index (χ1) is 30.4. The highest BCUT2D eigenvalue weighted by Crippen LogP contribution is 2.55. The lowest BCUT2D eigenvalue weighted by atomic mass is 9.77. The summed E-state index contributed by atoms with van der Waals surface area (Å²) < 4.78 is 15.8. The smallest absolute Gasteiger partial charge is 0.407 e. The molecule has 3 amide bonds. The van der Waals surface area contributed by atoms with E-state index >= 15 is 0 Å². The van der Waals surface area contributed by atoms with Gasteiger partial charge < -0.3 is 39.3 Å². The van der Waals surface area contributed by atoms with Crippen LogP contribution < -0.4 is 10.6 Å². The molecule has 3 aliphatic heterocycles. The first kappa shape index (κ1) is 39.0. The first-order valence-corrected chi connectivity index (χ1v) is 22.2. The van der Waals surface area contributed by atoms with Gasteiger partial charge in [0.1, 0.15) is 23.7 Å². The number of imidazole rings is 2. The lowest BCUT2D eigenvalue weighted by Gasteiger charge is -2.35. The van der Waals surface area contributed by atoms with E-state index in [0.29, 0.717) is 23.7 Å². The number of ether oxygens (including phenoxy) is 3. The summed E-state index contributed by atoms with van der Waals surface area (Å²) >= 11 is 0. The second-order valence-corrected chi connectivity index (χ2v) is 18.0. The van der Waals surface area contributed by atoms with Crippen molar-refractivity contribution in [2.75, 3.05) is 13.9 Å². The van der Waals surface area contributed by atoms with Crippen molar-refractivity contribution in [2.24, 2.45) is 11.8 Å². The Balaban J connectivity index is 0.725. The zero-order valence-corrected chi connectivity index (χ0v) is 34.7. The zero-order chi connectivity index (χ0) is 41.9. The fourth-order valence-corrected chi connectivity index (χ4v) is 10.8. The van der Waals surface area contributed by atoms with Crippen molar-refractivity contribution in [3.8, 4) is 11.3 Å². The van der Waals surface area contributed by atoms with Gasteiger partial charge in [-0.2, -0.15) is 0 Å². The van der Waals surface area contributed by atoms with Crippen molar-refractivity contribution < 1.29 is 28.6 Å². The fourth-order valence-electron chi connectivity index (χ4n) is 10.8. The Hall–Kier alpha value is -5.83. The number of piperidine rings is 2. The van der Waals surface area contributed by atoms with Gasteiger partial charge >= 0.3 is 6.09 Å². The molecule has 6 fully saturated rings. The predicted molar refractivity (Wildman–Crippen MR) is 227 cm³/mol. The van der Waals surface area contributed by atoms with Crippen LogP contribution >= 0.6 is 0 Å². The summed E-state index contributed by atoms with van der Waals surface area (Å²) in [6, 6.07) is 26.7. The molecule has 11 rings (SSSR count). The number of carbonyl (C=O) groups excluding carboxylic acids is 3. The van der Waals surface area contributed by atoms with Gasteiger partial charge in [0.05, 0.1) is 31.1 Å². The van der Waals surface area contributed by atoms with Crippen LogP contribution in [0.3, 0.4) is 0 Å². The molecule has 3 saturated carbocycles. The van der Waals surface area contributed by atoms with Crippen LogP contribution in [-0.4, -0.2) is 80.0 Å². The molecular weight excluding hydrogens is 785 g/mol. The summed E-state index contributed by atoms with van der Waals surface area (Å²) in [6.45, 7) is 0.222. The maximum absolute atomic E-state index is 14.3. The van der Waals surface area contributed by atoms with E-state index in [-0.39, 0.29) is 42.8 Å². The van der Waals surface area contributed by atoms with Crippen LogP contribution in [0.25, 0.3) is 11.3 Å². The average molecular weight is 837 g/mol. The van der Waals surface area contributed by atoms with E-state index in [1.165, 1.54) is 12.7 Å². The monoisotopic (exact) mass is 836 g/mol. The van der Waals surface area contributed by atoms with Crippen LogP contribution in [0.15, 0.2) is 97.3 Å². The Bertz CT molecular complexity index is 2410. The number of fused-ring (bicyclic) bond motifs is 2. The number of benzene rings is 3. The molecule has 8 atom stereocenters. The van der Waals surface area contributed by atoms with Gasteiger partial charge in [0.2, 0.25) is 12.3 Å². The van der Waals surface area contributed by atoms with E-state index in [1.54, 1.807) is 0 Å². The minimum Gasteiger partial charge on any atom is -0.453 e. The van der Waals surface area contributed by atoms with Crippen molar-refractivity contribution in [3.63, 3.8) is 0 Å². The maximum Gasteiger partial charge on any atom is 0.407 e. The van der Waals surface area contributed by atoms with Crippen molar-refractivity contribution in [1.82, 2.24) is 40.4 Å². The Morgan fingerprint density at radius 3 is 1.85 bits per heavy atom. The molecular formula is C48H52N8O6. The normalized spacial score (nSPS) is 28.3. The van der Waals surface area contributed by atoms with Crippen LogP contribution in [0.5, 0.6) is 0 Å². The van der Waals surface area contributed by atoms with Gasteiger partial charge in [-0.05, 0) is 91.4 Å². The number of H-pyrrole nitrogens is 2. The number of carbonyl (C=O) groups is 3. The number of rotatable bonds is 12. The number of aromatic amines is 2. The van der Waals surface area contributed by atoms with E-state index < -0.39 is 24.6 Å². The molecule has 4 N–H and O–H groups in total. The average Bonchev–Trinajstić information content (AvgIpc) is 3.88. The van der Waals surface area contributed by atoms with Crippen LogP contribution in [0.1, 0.15) is 121 Å². The standard InChI is InChI=1S/C48H52N8O6/c1-60-47(59)53-41(31-8-4-2-5-9-31)45(57)55-37-20-33(37)22-39(55)43-49-24-35(51-43)29-16-12-27(13-17-29)28-14-18-30(19-15-28)36-25-50-44(52-36)40-23-34-21-38(34)56(40)46(58)42(54-48-61-26-62-48)32-10-6-3-7-11-32/h2-11,14-15,18-19,24-25,27,29,33-34,37-42,48,54H,12-13,16-17,20-23,26H2,1H3,(H,49,51)(H,50,52)(H,53,59)/t27-,29-,33-,34-,37?,38-,39+,40+,41-,42-/m1/s1. The maximum atomic E-state index is 14.3. The summed E-state index contributed by atoms with van der Waals surface area (Å²) in [7, 11) is 1.31. The number of hydrogen-bond acceptors (Lipinski definition) is 9. The molecule has 62 heavy (non-hydrogen) atoms. The van der Waals surface area contributed by atoms with Crippen LogP contribution in [0.2, 0.25) is 0 Å². The van der Waals surface area contributed by atoms with E-state index in [4.69, 9.17) is 24.2 Å². The number of aromatic nitrogens is 4. The molecule has 3 aliphatic carbocycles. The molecule has 14 nitrogen and oxygen atoms in total. The molecule has 0 radical (unpaired) electrons. The van der Waals surface area contributed by atoms with Gasteiger partial charge in [-0.1, -0.05) is 84.9 Å². The zero-order valence-electron chi connectivity index (χ0n) is 34.7. The second kappa shape index (κ2) is 16.1. The number of hydrogen-bond donors (Lipinski definition) is 4. The second-order valence-electron chi connectivity index (χ2n) is 18.0. The molecule has 0 spiro atoms. The molecule has 5 aromatic rings. The summed E-state index contributed by atoms with van der Waals surface area (Å²) in [6.07, 6.45) is 10.7. The predicted octanol–water partition coefficient (Wildman–Crippen LogP) is 7.28. The van der Waals surface area contributed by atoms with Crippen LogP contribution in [0, 0.1) is 11.8 Å². The van der Waals surface area contributed by atoms with Crippen LogP contribution in [-0.2, 0) is 23.8 Å². The minimum absolute atomic E-state index is 0.0163. The number of alkyl carbamates (subject to hydrolysis) is 1. The molecule has 3 aromatic carbocycles. The van der Waals surface area contributed by atoms with Crippen LogP contribution in [0.4, 0.5) is 4.79 Å². The van der Waals surface area contributed by atoms with E-state index in [0.717, 1.165) is 91.1 Å². The van der Waals surface area contributed by atoms with Crippen molar-refractivity contribution in [3.05, 3.63) is 131 Å². The third-order valence-corrected chi connectivity index (χ3v) is 14.4. The van der Waals surface area contributed by atoms with E-state index in [1.807, 2.05) is 82.9 Å². The Labute approximate surface area is 360 Å². The van der Waals surface area contributed by atoms with Gasteiger partial charge in [0.25, 0.3) is 5.91 Å². The van der Waals surface area contributed by atoms with Crippen molar-refractivity contribution >= 4 is 17.9 Å². The van der Waals surface area contributed by atoms with Gasteiger partial charge in [-0.3, -0.25) is 14.9 Å². The van der Waals surface area contributed by atoms with Gasteiger partial charge in [0, 0.05) is 29.9 Å². The largest absolute Gasteiger partial charge is 0.453 e. The molecule has 1 unspecified atom stereocenters. The highest BCUT2D eigenvalue weighted by Gasteiger charge is 2.57. The molecule has 0 bridgehead atoms. The number of amides is 3. The number of nitrogens with zero attached hydrogens (tertiary/aromatic N) is 4. The SMILES string of the molecule is COC(=O)N[C@@H](C(=O)N1C2C[C@@H]2C[C@H]1c1ncc([C@H]2CC[C@H](c3ccc(-c4cnc([C@@H]5C[C@H]6C[C@H]6N5C(=O)[C@H](NC5OCO5)c5ccccc5)[nH]4)cc3)CC2)[nH]1)c1ccccc1. The van der Waals surface area contributed by atoms with Crippen molar-refractivity contribution in [2.45, 2.75) is 106 Å². The minimum atomic E-state index is -0.836. The Kier molecular flexibility index (Phi) is 10.2. The van der Waals surface area contributed by atoms with E-state index in [2.05, 4.69) is 44.9 Å². The molecule has 320 valence electrons. The highest BCUT2D eigenvalue weighted by atomic mass is 16.9. The molecule has 6 aliphatic rings. The van der Waals surface area contributed by atoms with Gasteiger partial charge in [-0.15, -0.1) is 0 Å². The molecule has 3 saturated heterocycles. The molecule has 5 heterocycles. The van der Waals surface area contributed by atoms with Gasteiger partial charge in [0.15, 0.2) is 6.79 Å². The fraction of sp³-hybridized carbons (Fsp3) is 0.438. The Morgan fingerprint density at radius 2 is 1.26 bits per heavy atom. The number of nitrogens with one attached hydrogen (secondary N) is 4. The number of methoxy groups -OCH3 is 1. The third-order valence-electron chi connectivity index (χ3n) is 14.4. The van der Waals surface area contributed by atoms with E-state index in [9.17, 15) is 14.4 Å². The quantitative estimate of drug-likeness (QED) is 0.101. The highest BCUT2D eigenvalue weighted by molar-refractivity contribution is 5.88. The topological polar surface area (TPSA) is 167 Å². The first-order valence-electron chi connectivity index (χ1n) is 22.2. The summed E-state index contributed by atoms with van der Waals surface area (Å²) in [5.41, 5.74) is 6.11. The Morgan fingerprint density at radius 1 is 0.694 bits per heavy atom. The lowest BCUT2D eigenvalue weighted by Crippen LogP contribution is -2.50. The summed E-state index contributed by atoms with van der Waals surface area (Å²) in [4.78, 5) is 61.8. The summed E-state index contributed by atoms with van der Waals surface area (Å²) in [5.74, 6) is 3.33.